The van der Waals surface area contributed by atoms with Gasteiger partial charge in [-0.25, -0.2) is 0 Å². The minimum Gasteiger partial charge on any atom is -0.480 e. The highest BCUT2D eigenvalue weighted by Crippen LogP contribution is 2.36. The minimum atomic E-state index is -0.672. The maximum atomic E-state index is 11.6. The van der Waals surface area contributed by atoms with E-state index in [1.165, 1.54) is 12.8 Å². The van der Waals surface area contributed by atoms with Crippen LogP contribution in [-0.2, 0) is 4.79 Å². The Morgan fingerprint density at radius 1 is 1.35 bits per heavy atom. The molecule has 0 radical (unpaired) electrons. The molecule has 2 aliphatic rings. The summed E-state index contributed by atoms with van der Waals surface area (Å²) in [6.07, 6.45) is 5.10. The summed E-state index contributed by atoms with van der Waals surface area (Å²) in [6.45, 7) is 9.65. The van der Waals surface area contributed by atoms with Gasteiger partial charge in [-0.1, -0.05) is 20.8 Å². The van der Waals surface area contributed by atoms with E-state index in [0.29, 0.717) is 6.04 Å². The lowest BCUT2D eigenvalue weighted by atomic mass is 9.86. The zero-order chi connectivity index (χ0) is 14.8. The van der Waals surface area contributed by atoms with E-state index in [2.05, 4.69) is 24.1 Å². The molecule has 4 nitrogen and oxygen atoms in total. The molecular weight excluding hydrogens is 252 g/mol. The topological polar surface area (TPSA) is 52.6 Å². The molecule has 0 aromatic heterocycles. The van der Waals surface area contributed by atoms with Gasteiger partial charge in [0.25, 0.3) is 0 Å². The number of likely N-dealkylation sites (tertiary alicyclic amines) is 1. The molecule has 1 aliphatic heterocycles. The minimum absolute atomic E-state index is 0.457. The normalized spacial score (nSPS) is 32.9. The molecule has 1 saturated heterocycles. The molecule has 0 aromatic rings. The summed E-state index contributed by atoms with van der Waals surface area (Å²) in [5.41, 5.74) is -0.672. The molecule has 116 valence electrons. The van der Waals surface area contributed by atoms with Crippen molar-refractivity contribution in [1.82, 2.24) is 10.2 Å². The van der Waals surface area contributed by atoms with Crippen LogP contribution in [0.15, 0.2) is 0 Å². The van der Waals surface area contributed by atoms with Crippen LogP contribution < -0.4 is 5.32 Å². The van der Waals surface area contributed by atoms with E-state index in [1.54, 1.807) is 0 Å². The molecule has 0 spiro atoms. The van der Waals surface area contributed by atoms with Crippen LogP contribution in [0, 0.1) is 11.8 Å². The number of hydrogen-bond acceptors (Lipinski definition) is 3. The first-order valence-electron chi connectivity index (χ1n) is 8.21. The Morgan fingerprint density at radius 3 is 2.50 bits per heavy atom. The Kier molecular flexibility index (Phi) is 5.08. The van der Waals surface area contributed by atoms with Gasteiger partial charge in [-0.15, -0.1) is 0 Å². The van der Waals surface area contributed by atoms with Crippen molar-refractivity contribution < 1.29 is 9.90 Å². The molecule has 1 heterocycles. The van der Waals surface area contributed by atoms with Crippen molar-refractivity contribution in [1.29, 1.82) is 0 Å². The molecule has 0 bridgehead atoms. The number of nitrogens with zero attached hydrogens (tertiary/aromatic N) is 1. The van der Waals surface area contributed by atoms with Crippen LogP contribution in [0.2, 0.25) is 0 Å². The van der Waals surface area contributed by atoms with Gasteiger partial charge in [-0.3, -0.25) is 4.79 Å². The van der Waals surface area contributed by atoms with Crippen molar-refractivity contribution in [2.45, 2.75) is 64.5 Å². The van der Waals surface area contributed by atoms with Gasteiger partial charge in [-0.2, -0.15) is 0 Å². The third-order valence-corrected chi connectivity index (χ3v) is 5.45. The smallest absolute Gasteiger partial charge is 0.323 e. The van der Waals surface area contributed by atoms with Crippen molar-refractivity contribution in [3.8, 4) is 0 Å². The Hall–Kier alpha value is -0.610. The first-order valence-corrected chi connectivity index (χ1v) is 8.21. The fraction of sp³-hybridized carbons (Fsp3) is 0.938. The molecule has 1 saturated carbocycles. The first-order chi connectivity index (χ1) is 9.48. The highest BCUT2D eigenvalue weighted by atomic mass is 16.4. The average molecular weight is 282 g/mol. The Morgan fingerprint density at radius 2 is 2.00 bits per heavy atom. The Bertz CT molecular complexity index is 337. The Balaban J connectivity index is 1.91. The van der Waals surface area contributed by atoms with Crippen molar-refractivity contribution in [3.05, 3.63) is 0 Å². The zero-order valence-electron chi connectivity index (χ0n) is 13.2. The maximum absolute atomic E-state index is 11.6. The molecule has 2 fully saturated rings. The number of piperidine rings is 1. The largest absolute Gasteiger partial charge is 0.480 e. The molecule has 0 amide bonds. The van der Waals surface area contributed by atoms with E-state index in [4.69, 9.17) is 0 Å². The van der Waals surface area contributed by atoms with E-state index < -0.39 is 11.5 Å². The lowest BCUT2D eigenvalue weighted by molar-refractivity contribution is -0.144. The van der Waals surface area contributed by atoms with Gasteiger partial charge < -0.3 is 15.3 Å². The third kappa shape index (κ3) is 3.17. The molecule has 4 heteroatoms. The van der Waals surface area contributed by atoms with Gasteiger partial charge in [0.15, 0.2) is 0 Å². The molecule has 20 heavy (non-hydrogen) atoms. The van der Waals surface area contributed by atoms with Crippen molar-refractivity contribution in [2.75, 3.05) is 19.6 Å². The Labute approximate surface area is 122 Å². The van der Waals surface area contributed by atoms with E-state index >= 15 is 0 Å². The number of carboxylic acids is 1. The van der Waals surface area contributed by atoms with Gasteiger partial charge in [0, 0.05) is 6.04 Å². The van der Waals surface area contributed by atoms with Gasteiger partial charge in [0.05, 0.1) is 0 Å². The second-order valence-electron chi connectivity index (χ2n) is 6.93. The predicted octanol–water partition coefficient (Wildman–Crippen LogP) is 2.34. The summed E-state index contributed by atoms with van der Waals surface area (Å²) >= 11 is 0. The van der Waals surface area contributed by atoms with E-state index in [1.807, 2.05) is 6.92 Å². The average Bonchev–Trinajstić information content (AvgIpc) is 2.85. The van der Waals surface area contributed by atoms with Crippen LogP contribution in [0.5, 0.6) is 0 Å². The summed E-state index contributed by atoms with van der Waals surface area (Å²) in [5, 5.41) is 12.8. The molecule has 0 aromatic carbocycles. The quantitative estimate of drug-likeness (QED) is 0.812. The second-order valence-corrected chi connectivity index (χ2v) is 6.93. The first kappa shape index (κ1) is 15.8. The third-order valence-electron chi connectivity index (χ3n) is 5.45. The molecule has 1 aliphatic carbocycles. The van der Waals surface area contributed by atoms with Gasteiger partial charge >= 0.3 is 5.97 Å². The van der Waals surface area contributed by atoms with Crippen LogP contribution in [0.25, 0.3) is 0 Å². The lowest BCUT2D eigenvalue weighted by Crippen LogP contribution is -2.51. The van der Waals surface area contributed by atoms with Gasteiger partial charge in [0.2, 0.25) is 0 Å². The van der Waals surface area contributed by atoms with E-state index in [0.717, 1.165) is 50.7 Å². The predicted molar refractivity (Wildman–Crippen MR) is 80.8 cm³/mol. The van der Waals surface area contributed by atoms with E-state index in [-0.39, 0.29) is 0 Å². The zero-order valence-corrected chi connectivity index (χ0v) is 13.2. The van der Waals surface area contributed by atoms with Crippen molar-refractivity contribution in [2.24, 2.45) is 11.8 Å². The maximum Gasteiger partial charge on any atom is 0.323 e. The van der Waals surface area contributed by atoms with Crippen LogP contribution in [-0.4, -0.2) is 47.2 Å². The van der Waals surface area contributed by atoms with Gasteiger partial charge in [0.1, 0.15) is 5.54 Å². The number of hydrogen-bond donors (Lipinski definition) is 2. The standard InChI is InChI=1S/C16H30N2O2/c1-4-17-16(15(19)20)8-5-14(11-16)18-9-6-13(7-10-18)12(2)3/h12-14,17H,4-11H2,1-3H3,(H,19,20). The van der Waals surface area contributed by atoms with Crippen molar-refractivity contribution >= 4 is 5.97 Å². The van der Waals surface area contributed by atoms with Crippen LogP contribution in [0.1, 0.15) is 52.9 Å². The van der Waals surface area contributed by atoms with Gasteiger partial charge in [-0.05, 0) is 63.6 Å². The molecule has 2 atom stereocenters. The monoisotopic (exact) mass is 282 g/mol. The highest BCUT2D eigenvalue weighted by Gasteiger charge is 2.46. The fourth-order valence-corrected chi connectivity index (χ4v) is 4.05. The highest BCUT2D eigenvalue weighted by molar-refractivity contribution is 5.79. The number of rotatable bonds is 5. The molecule has 2 unspecified atom stereocenters. The second kappa shape index (κ2) is 6.44. The number of likely N-dealkylation sites (N-methyl/N-ethyl adjacent to an activating group) is 1. The number of carboxylic acid groups (broad SMARTS) is 1. The van der Waals surface area contributed by atoms with Crippen molar-refractivity contribution in [3.63, 3.8) is 0 Å². The summed E-state index contributed by atoms with van der Waals surface area (Å²) in [4.78, 5) is 14.1. The summed E-state index contributed by atoms with van der Waals surface area (Å²) < 4.78 is 0. The van der Waals surface area contributed by atoms with Crippen LogP contribution in [0.3, 0.4) is 0 Å². The summed E-state index contributed by atoms with van der Waals surface area (Å²) in [7, 11) is 0. The SMILES string of the molecule is CCNC1(C(=O)O)CCC(N2CCC(C(C)C)CC2)C1. The van der Waals surface area contributed by atoms with E-state index in [9.17, 15) is 9.90 Å². The molecular formula is C16H30N2O2. The lowest BCUT2D eigenvalue weighted by Gasteiger charge is -2.38. The fourth-order valence-electron chi connectivity index (χ4n) is 4.05. The summed E-state index contributed by atoms with van der Waals surface area (Å²) in [6, 6.07) is 0.457. The summed E-state index contributed by atoms with van der Waals surface area (Å²) in [5.74, 6) is 0.963. The van der Waals surface area contributed by atoms with Crippen LogP contribution >= 0.6 is 0 Å². The molecule has 2 N–H and O–H groups in total. The molecule has 2 rings (SSSR count). The number of carbonyl (C=O) groups is 1. The number of nitrogens with one attached hydrogen (secondary N) is 1. The number of aliphatic carboxylic acids is 1. The van der Waals surface area contributed by atoms with Crippen LogP contribution in [0.4, 0.5) is 0 Å².